The molecular weight excluding hydrogens is 273 g/mol. The van der Waals surface area contributed by atoms with Gasteiger partial charge < -0.3 is 10.0 Å². The Labute approximate surface area is 123 Å². The molecule has 1 N–H and O–H groups in total. The molecule has 1 unspecified atom stereocenters. The highest BCUT2D eigenvalue weighted by Crippen LogP contribution is 2.33. The third kappa shape index (κ3) is 3.23. The standard InChI is InChI=1S/C16H20FNO3/c1-3-16(2)7-4-8-18(10-16)14(19)12-6-5-11(15(20)21)9-13(12)17/h5-6,9H,3-4,7-8,10H2,1-2H3,(H,20,21). The highest BCUT2D eigenvalue weighted by molar-refractivity contribution is 5.96. The van der Waals surface area contributed by atoms with Crippen LogP contribution < -0.4 is 0 Å². The molecule has 1 aliphatic rings. The van der Waals surface area contributed by atoms with Gasteiger partial charge in [-0.15, -0.1) is 0 Å². The lowest BCUT2D eigenvalue weighted by Crippen LogP contribution is -2.44. The number of piperidine rings is 1. The summed E-state index contributed by atoms with van der Waals surface area (Å²) in [7, 11) is 0. The number of aromatic carboxylic acids is 1. The third-order valence-corrected chi connectivity index (χ3v) is 4.37. The maximum atomic E-state index is 14.0. The molecule has 4 nitrogen and oxygen atoms in total. The SMILES string of the molecule is CCC1(C)CCCN(C(=O)c2ccc(C(=O)O)cc2F)C1. The summed E-state index contributed by atoms with van der Waals surface area (Å²) >= 11 is 0. The Kier molecular flexibility index (Phi) is 4.30. The lowest BCUT2D eigenvalue weighted by molar-refractivity contribution is 0.0537. The van der Waals surface area contributed by atoms with Crippen LogP contribution in [0.15, 0.2) is 18.2 Å². The molecule has 0 aromatic heterocycles. The van der Waals surface area contributed by atoms with Crippen LogP contribution in [0.3, 0.4) is 0 Å². The molecule has 5 heteroatoms. The van der Waals surface area contributed by atoms with Crippen molar-refractivity contribution >= 4 is 11.9 Å². The summed E-state index contributed by atoms with van der Waals surface area (Å²) in [5, 5.41) is 8.83. The second kappa shape index (κ2) is 5.84. The predicted molar refractivity (Wildman–Crippen MR) is 76.9 cm³/mol. The van der Waals surface area contributed by atoms with Crippen molar-refractivity contribution in [2.45, 2.75) is 33.1 Å². The fourth-order valence-electron chi connectivity index (χ4n) is 2.77. The number of likely N-dealkylation sites (tertiary alicyclic amines) is 1. The summed E-state index contributed by atoms with van der Waals surface area (Å²) in [6.07, 6.45) is 2.94. The van der Waals surface area contributed by atoms with E-state index in [0.717, 1.165) is 25.3 Å². The summed E-state index contributed by atoms with van der Waals surface area (Å²) in [5.74, 6) is -2.34. The smallest absolute Gasteiger partial charge is 0.335 e. The third-order valence-electron chi connectivity index (χ3n) is 4.37. The number of halogens is 1. The molecule has 1 saturated heterocycles. The zero-order valence-corrected chi connectivity index (χ0v) is 12.4. The Morgan fingerprint density at radius 3 is 2.71 bits per heavy atom. The van der Waals surface area contributed by atoms with E-state index >= 15 is 0 Å². The van der Waals surface area contributed by atoms with Gasteiger partial charge in [0.15, 0.2) is 0 Å². The average Bonchev–Trinajstić information content (AvgIpc) is 2.46. The Morgan fingerprint density at radius 1 is 1.43 bits per heavy atom. The largest absolute Gasteiger partial charge is 0.478 e. The van der Waals surface area contributed by atoms with Crippen molar-refractivity contribution in [1.29, 1.82) is 0 Å². The fourth-order valence-corrected chi connectivity index (χ4v) is 2.77. The number of carboxylic acid groups (broad SMARTS) is 1. The molecule has 1 aliphatic heterocycles. The summed E-state index contributed by atoms with van der Waals surface area (Å²) in [4.78, 5) is 24.9. The monoisotopic (exact) mass is 293 g/mol. The minimum Gasteiger partial charge on any atom is -0.478 e. The van der Waals surface area contributed by atoms with E-state index < -0.39 is 11.8 Å². The second-order valence-electron chi connectivity index (χ2n) is 5.99. The second-order valence-corrected chi connectivity index (χ2v) is 5.99. The first-order chi connectivity index (χ1) is 9.86. The molecule has 0 aliphatic carbocycles. The van der Waals surface area contributed by atoms with Crippen molar-refractivity contribution in [3.8, 4) is 0 Å². The van der Waals surface area contributed by atoms with Crippen molar-refractivity contribution in [1.82, 2.24) is 4.90 Å². The van der Waals surface area contributed by atoms with Crippen LogP contribution in [0.2, 0.25) is 0 Å². The van der Waals surface area contributed by atoms with Crippen LogP contribution in [0.4, 0.5) is 4.39 Å². The molecule has 1 aromatic carbocycles. The zero-order chi connectivity index (χ0) is 15.6. The van der Waals surface area contributed by atoms with Crippen LogP contribution >= 0.6 is 0 Å². The average molecular weight is 293 g/mol. The van der Waals surface area contributed by atoms with Crippen LogP contribution in [0.25, 0.3) is 0 Å². The molecule has 2 rings (SSSR count). The Morgan fingerprint density at radius 2 is 2.14 bits per heavy atom. The lowest BCUT2D eigenvalue weighted by atomic mass is 9.79. The van der Waals surface area contributed by atoms with Gasteiger partial charge in [-0.05, 0) is 42.9 Å². The van der Waals surface area contributed by atoms with E-state index in [1.54, 1.807) is 4.90 Å². The van der Waals surface area contributed by atoms with E-state index in [0.29, 0.717) is 13.1 Å². The molecular formula is C16H20FNO3. The van der Waals surface area contributed by atoms with Gasteiger partial charge in [0.05, 0.1) is 11.1 Å². The van der Waals surface area contributed by atoms with Crippen LogP contribution in [0.1, 0.15) is 53.8 Å². The topological polar surface area (TPSA) is 57.6 Å². The van der Waals surface area contributed by atoms with Crippen LogP contribution in [-0.2, 0) is 0 Å². The number of carbonyl (C=O) groups excluding carboxylic acids is 1. The minimum atomic E-state index is -1.20. The van der Waals surface area contributed by atoms with Gasteiger partial charge in [-0.25, -0.2) is 9.18 Å². The summed E-state index contributed by atoms with van der Waals surface area (Å²) in [6, 6.07) is 3.43. The first-order valence-electron chi connectivity index (χ1n) is 7.18. The molecule has 114 valence electrons. The maximum Gasteiger partial charge on any atom is 0.335 e. The molecule has 0 bridgehead atoms. The number of hydrogen-bond acceptors (Lipinski definition) is 2. The number of carbonyl (C=O) groups is 2. The molecule has 0 saturated carbocycles. The number of nitrogens with zero attached hydrogens (tertiary/aromatic N) is 1. The fraction of sp³-hybridized carbons (Fsp3) is 0.500. The van der Waals surface area contributed by atoms with Gasteiger partial charge >= 0.3 is 5.97 Å². The molecule has 1 aromatic rings. The Hall–Kier alpha value is -1.91. The summed E-state index contributed by atoms with van der Waals surface area (Å²) < 4.78 is 14.0. The molecule has 1 heterocycles. The first kappa shape index (κ1) is 15.5. The normalized spacial score (nSPS) is 22.1. The van der Waals surface area contributed by atoms with E-state index in [9.17, 15) is 14.0 Å². The van der Waals surface area contributed by atoms with Crippen molar-refractivity contribution in [2.24, 2.45) is 5.41 Å². The van der Waals surface area contributed by atoms with Gasteiger partial charge in [0.2, 0.25) is 0 Å². The van der Waals surface area contributed by atoms with E-state index in [4.69, 9.17) is 5.11 Å². The van der Waals surface area contributed by atoms with Crippen LogP contribution in [0.5, 0.6) is 0 Å². The molecule has 21 heavy (non-hydrogen) atoms. The molecule has 1 atom stereocenters. The van der Waals surface area contributed by atoms with Crippen molar-refractivity contribution in [3.05, 3.63) is 35.1 Å². The summed E-state index contributed by atoms with van der Waals surface area (Å²) in [5.41, 5.74) is -0.132. The van der Waals surface area contributed by atoms with Gasteiger partial charge in [-0.3, -0.25) is 4.79 Å². The van der Waals surface area contributed by atoms with E-state index in [-0.39, 0.29) is 22.4 Å². The van der Waals surface area contributed by atoms with E-state index in [2.05, 4.69) is 13.8 Å². The Balaban J connectivity index is 2.22. The highest BCUT2D eigenvalue weighted by atomic mass is 19.1. The predicted octanol–water partition coefficient (Wildman–Crippen LogP) is 3.18. The number of amides is 1. The zero-order valence-electron chi connectivity index (χ0n) is 12.4. The van der Waals surface area contributed by atoms with Crippen LogP contribution in [-0.4, -0.2) is 35.0 Å². The van der Waals surface area contributed by atoms with Gasteiger partial charge in [0.1, 0.15) is 5.82 Å². The lowest BCUT2D eigenvalue weighted by Gasteiger charge is -2.40. The van der Waals surface area contributed by atoms with Crippen molar-refractivity contribution in [3.63, 3.8) is 0 Å². The van der Waals surface area contributed by atoms with E-state index in [1.165, 1.54) is 12.1 Å². The summed E-state index contributed by atoms with van der Waals surface area (Å²) in [6.45, 7) is 5.46. The quantitative estimate of drug-likeness (QED) is 0.931. The number of benzene rings is 1. The van der Waals surface area contributed by atoms with Crippen molar-refractivity contribution in [2.75, 3.05) is 13.1 Å². The number of rotatable bonds is 3. The number of carboxylic acids is 1. The molecule has 0 radical (unpaired) electrons. The van der Waals surface area contributed by atoms with Crippen LogP contribution in [0, 0.1) is 11.2 Å². The van der Waals surface area contributed by atoms with Crippen molar-refractivity contribution < 1.29 is 19.1 Å². The van der Waals surface area contributed by atoms with Gasteiger partial charge in [-0.2, -0.15) is 0 Å². The van der Waals surface area contributed by atoms with Gasteiger partial charge in [0.25, 0.3) is 5.91 Å². The van der Waals surface area contributed by atoms with Gasteiger partial charge in [0, 0.05) is 13.1 Å². The Bertz CT molecular complexity index is 573. The number of hydrogen-bond donors (Lipinski definition) is 1. The van der Waals surface area contributed by atoms with Gasteiger partial charge in [-0.1, -0.05) is 13.8 Å². The molecule has 0 spiro atoms. The minimum absolute atomic E-state index is 0.0552. The molecule has 1 fully saturated rings. The highest BCUT2D eigenvalue weighted by Gasteiger charge is 2.32. The van der Waals surface area contributed by atoms with E-state index in [1.807, 2.05) is 0 Å². The maximum absolute atomic E-state index is 14.0. The first-order valence-corrected chi connectivity index (χ1v) is 7.18. The molecule has 1 amide bonds.